The summed E-state index contributed by atoms with van der Waals surface area (Å²) in [6.07, 6.45) is 0. The molecule has 0 aliphatic carbocycles. The number of ketones is 1. The summed E-state index contributed by atoms with van der Waals surface area (Å²) in [5.41, 5.74) is -0.408. The SMILES string of the molecule is CC(C)(C)C(=O)NCc1ccc(C(=O)COC(=O)c2csc(COc3ccc(F)cc3)n2)s1. The molecule has 0 unspecified atom stereocenters. The van der Waals surface area contributed by atoms with Crippen LogP contribution in [0.15, 0.2) is 41.8 Å². The highest BCUT2D eigenvalue weighted by Gasteiger charge is 2.21. The van der Waals surface area contributed by atoms with Crippen molar-refractivity contribution in [3.05, 3.63) is 68.1 Å². The summed E-state index contributed by atoms with van der Waals surface area (Å²) in [5.74, 6) is -1.00. The van der Waals surface area contributed by atoms with Crippen molar-refractivity contribution in [2.75, 3.05) is 6.61 Å². The molecule has 10 heteroatoms. The van der Waals surface area contributed by atoms with Gasteiger partial charge in [0.1, 0.15) is 23.2 Å². The Hall–Kier alpha value is -3.11. The molecule has 0 spiro atoms. The molecule has 3 aromatic rings. The van der Waals surface area contributed by atoms with E-state index in [1.54, 1.807) is 12.1 Å². The summed E-state index contributed by atoms with van der Waals surface area (Å²) in [6, 6.07) is 8.98. The number of esters is 1. The average Bonchev–Trinajstić information content (AvgIpc) is 3.44. The highest BCUT2D eigenvalue weighted by Crippen LogP contribution is 2.20. The molecule has 33 heavy (non-hydrogen) atoms. The third kappa shape index (κ3) is 7.19. The molecule has 0 bridgehead atoms. The summed E-state index contributed by atoms with van der Waals surface area (Å²) in [7, 11) is 0. The van der Waals surface area contributed by atoms with Gasteiger partial charge in [0.05, 0.1) is 11.4 Å². The standard InChI is InChI=1S/C23H23FN2O5S2/c1-23(2,3)22(29)25-10-16-8-9-19(33-16)18(27)11-31-21(28)17-13-32-20(26-17)12-30-15-6-4-14(24)5-7-15/h4-9,13H,10-12H2,1-3H3,(H,25,29). The fourth-order valence-electron chi connectivity index (χ4n) is 2.48. The molecule has 2 heterocycles. The number of rotatable bonds is 9. The molecular formula is C23H23FN2O5S2. The van der Waals surface area contributed by atoms with E-state index in [1.165, 1.54) is 52.3 Å². The number of halogens is 1. The van der Waals surface area contributed by atoms with E-state index in [0.29, 0.717) is 22.2 Å². The van der Waals surface area contributed by atoms with Crippen LogP contribution in [0.2, 0.25) is 0 Å². The van der Waals surface area contributed by atoms with Gasteiger partial charge in [-0.2, -0.15) is 0 Å². The number of thiazole rings is 1. The van der Waals surface area contributed by atoms with Gasteiger partial charge in [-0.25, -0.2) is 14.2 Å². The lowest BCUT2D eigenvalue weighted by atomic mass is 9.96. The number of Topliss-reactive ketones (excluding diaryl/α,β-unsaturated/α-hetero) is 1. The van der Waals surface area contributed by atoms with Crippen LogP contribution in [0.25, 0.3) is 0 Å². The van der Waals surface area contributed by atoms with Crippen molar-refractivity contribution >= 4 is 40.3 Å². The van der Waals surface area contributed by atoms with E-state index >= 15 is 0 Å². The zero-order chi connectivity index (χ0) is 24.0. The number of carbonyl (C=O) groups is 3. The molecular weight excluding hydrogens is 467 g/mol. The summed E-state index contributed by atoms with van der Waals surface area (Å²) in [5, 5.41) is 4.89. The van der Waals surface area contributed by atoms with Gasteiger partial charge in [0.25, 0.3) is 0 Å². The maximum absolute atomic E-state index is 12.9. The molecule has 1 amide bonds. The number of hydrogen-bond donors (Lipinski definition) is 1. The van der Waals surface area contributed by atoms with Gasteiger partial charge in [-0.1, -0.05) is 20.8 Å². The Kier molecular flexibility index (Phi) is 7.93. The predicted molar refractivity (Wildman–Crippen MR) is 123 cm³/mol. The van der Waals surface area contributed by atoms with E-state index in [2.05, 4.69) is 10.3 Å². The normalized spacial score (nSPS) is 11.2. The Morgan fingerprint density at radius 1 is 1.09 bits per heavy atom. The second-order valence-electron chi connectivity index (χ2n) is 8.07. The van der Waals surface area contributed by atoms with Crippen LogP contribution in [0.5, 0.6) is 5.75 Å². The summed E-state index contributed by atoms with van der Waals surface area (Å²) >= 11 is 2.46. The number of thiophene rings is 1. The van der Waals surface area contributed by atoms with Crippen LogP contribution >= 0.6 is 22.7 Å². The van der Waals surface area contributed by atoms with Crippen LogP contribution in [-0.4, -0.2) is 29.3 Å². The molecule has 174 valence electrons. The first-order valence-corrected chi connectivity index (χ1v) is 11.7. The molecule has 0 radical (unpaired) electrons. The Labute approximate surface area is 198 Å². The van der Waals surface area contributed by atoms with Crippen LogP contribution in [0, 0.1) is 11.2 Å². The van der Waals surface area contributed by atoms with Gasteiger partial charge in [0.2, 0.25) is 11.7 Å². The minimum absolute atomic E-state index is 0.0802. The van der Waals surface area contributed by atoms with Crippen LogP contribution in [0.4, 0.5) is 4.39 Å². The van der Waals surface area contributed by atoms with E-state index < -0.39 is 18.0 Å². The topological polar surface area (TPSA) is 94.6 Å². The average molecular weight is 491 g/mol. The van der Waals surface area contributed by atoms with Crippen molar-refractivity contribution in [2.24, 2.45) is 5.41 Å². The van der Waals surface area contributed by atoms with Gasteiger partial charge in [-0.15, -0.1) is 22.7 Å². The third-order valence-electron chi connectivity index (χ3n) is 4.31. The van der Waals surface area contributed by atoms with E-state index in [9.17, 15) is 18.8 Å². The van der Waals surface area contributed by atoms with Crippen LogP contribution in [-0.2, 0) is 22.7 Å². The van der Waals surface area contributed by atoms with Gasteiger partial charge < -0.3 is 14.8 Å². The zero-order valence-corrected chi connectivity index (χ0v) is 20.0. The molecule has 0 aliphatic rings. The first kappa shape index (κ1) is 24.5. The van der Waals surface area contributed by atoms with Crippen molar-refractivity contribution < 1.29 is 28.2 Å². The molecule has 1 aromatic carbocycles. The second-order valence-corrected chi connectivity index (χ2v) is 10.2. The Morgan fingerprint density at radius 3 is 2.52 bits per heavy atom. The van der Waals surface area contributed by atoms with E-state index in [4.69, 9.17) is 9.47 Å². The fraction of sp³-hybridized carbons (Fsp3) is 0.304. The smallest absolute Gasteiger partial charge is 0.358 e. The predicted octanol–water partition coefficient (Wildman–Crippen LogP) is 4.62. The van der Waals surface area contributed by atoms with Gasteiger partial charge in [0, 0.05) is 15.7 Å². The van der Waals surface area contributed by atoms with Crippen molar-refractivity contribution in [1.29, 1.82) is 0 Å². The number of ether oxygens (including phenoxy) is 2. The van der Waals surface area contributed by atoms with Crippen LogP contribution in [0.1, 0.15) is 50.8 Å². The molecule has 1 N–H and O–H groups in total. The zero-order valence-electron chi connectivity index (χ0n) is 18.3. The van der Waals surface area contributed by atoms with E-state index in [0.717, 1.165) is 4.88 Å². The van der Waals surface area contributed by atoms with Crippen molar-refractivity contribution in [2.45, 2.75) is 33.9 Å². The maximum atomic E-state index is 12.9. The Morgan fingerprint density at radius 2 is 1.82 bits per heavy atom. The lowest BCUT2D eigenvalue weighted by Gasteiger charge is -2.17. The second kappa shape index (κ2) is 10.7. The summed E-state index contributed by atoms with van der Waals surface area (Å²) < 4.78 is 23.5. The maximum Gasteiger partial charge on any atom is 0.358 e. The van der Waals surface area contributed by atoms with E-state index in [-0.39, 0.29) is 29.8 Å². The van der Waals surface area contributed by atoms with Gasteiger partial charge in [-0.3, -0.25) is 9.59 Å². The van der Waals surface area contributed by atoms with Gasteiger partial charge in [0.15, 0.2) is 12.3 Å². The van der Waals surface area contributed by atoms with Crippen molar-refractivity contribution in [3.8, 4) is 5.75 Å². The first-order valence-electron chi connectivity index (χ1n) is 10.0. The monoisotopic (exact) mass is 490 g/mol. The minimum atomic E-state index is -0.707. The molecule has 2 aromatic heterocycles. The molecule has 0 saturated heterocycles. The van der Waals surface area contributed by atoms with Crippen molar-refractivity contribution in [3.63, 3.8) is 0 Å². The number of nitrogens with one attached hydrogen (secondary N) is 1. The van der Waals surface area contributed by atoms with E-state index in [1.807, 2.05) is 20.8 Å². The van der Waals surface area contributed by atoms with Crippen molar-refractivity contribution in [1.82, 2.24) is 10.3 Å². The Balaban J connectivity index is 1.46. The fourth-order valence-corrected chi connectivity index (χ4v) is 4.02. The molecule has 0 saturated carbocycles. The molecule has 0 aliphatic heterocycles. The number of nitrogens with zero attached hydrogens (tertiary/aromatic N) is 1. The van der Waals surface area contributed by atoms with Crippen LogP contribution in [0.3, 0.4) is 0 Å². The van der Waals surface area contributed by atoms with Gasteiger partial charge >= 0.3 is 5.97 Å². The number of aromatic nitrogens is 1. The van der Waals surface area contributed by atoms with Gasteiger partial charge in [-0.05, 0) is 36.4 Å². The lowest BCUT2D eigenvalue weighted by molar-refractivity contribution is -0.128. The minimum Gasteiger partial charge on any atom is -0.486 e. The number of benzene rings is 1. The highest BCUT2D eigenvalue weighted by atomic mass is 32.1. The highest BCUT2D eigenvalue weighted by molar-refractivity contribution is 7.14. The number of amides is 1. The summed E-state index contributed by atoms with van der Waals surface area (Å²) in [6.45, 7) is 5.51. The third-order valence-corrected chi connectivity index (χ3v) is 6.26. The lowest BCUT2D eigenvalue weighted by Crippen LogP contribution is -2.34. The van der Waals surface area contributed by atoms with Crippen LogP contribution < -0.4 is 10.1 Å². The molecule has 0 atom stereocenters. The quantitative estimate of drug-likeness (QED) is 0.347. The molecule has 0 fully saturated rings. The number of carbonyl (C=O) groups excluding carboxylic acids is 3. The summed E-state index contributed by atoms with van der Waals surface area (Å²) in [4.78, 5) is 42.0. The largest absolute Gasteiger partial charge is 0.486 e. The Bertz CT molecular complexity index is 1130. The molecule has 7 nitrogen and oxygen atoms in total. The first-order chi connectivity index (χ1) is 15.6. The number of hydrogen-bond acceptors (Lipinski definition) is 8. The molecule has 3 rings (SSSR count).